The SMILES string of the molecule is CC/C(=N/OCCn1ccc2ccccc21)c1ccc(OCC(=O)N2CCN(C)CC2)cc1. The van der Waals surface area contributed by atoms with Crippen LogP contribution in [0.1, 0.15) is 18.9 Å². The lowest BCUT2D eigenvalue weighted by Crippen LogP contribution is -2.48. The normalized spacial score (nSPS) is 15.1. The number of oxime groups is 1. The Bertz CT molecular complexity index is 1080. The number of rotatable bonds is 9. The molecule has 0 atom stereocenters. The van der Waals surface area contributed by atoms with Gasteiger partial charge in [-0.1, -0.05) is 30.3 Å². The molecule has 4 rings (SSSR count). The van der Waals surface area contributed by atoms with Gasteiger partial charge in [0.15, 0.2) is 6.61 Å². The summed E-state index contributed by atoms with van der Waals surface area (Å²) in [5.74, 6) is 0.712. The first-order valence-electron chi connectivity index (χ1n) is 11.6. The average Bonchev–Trinajstić information content (AvgIpc) is 3.26. The van der Waals surface area contributed by atoms with Crippen molar-refractivity contribution in [3.05, 3.63) is 66.4 Å². The van der Waals surface area contributed by atoms with Gasteiger partial charge in [0, 0.05) is 37.9 Å². The number of amides is 1. The van der Waals surface area contributed by atoms with Crippen molar-refractivity contribution in [2.75, 3.05) is 46.4 Å². The Kier molecular flexibility index (Phi) is 7.62. The molecule has 0 saturated carbocycles. The minimum absolute atomic E-state index is 0.0341. The number of para-hydroxylation sites is 1. The highest BCUT2D eigenvalue weighted by atomic mass is 16.6. The lowest BCUT2D eigenvalue weighted by molar-refractivity contribution is -0.134. The quantitative estimate of drug-likeness (QED) is 0.285. The van der Waals surface area contributed by atoms with Gasteiger partial charge in [-0.3, -0.25) is 4.79 Å². The second-order valence-electron chi connectivity index (χ2n) is 8.29. The molecule has 1 amide bonds. The van der Waals surface area contributed by atoms with Crippen molar-refractivity contribution in [2.24, 2.45) is 5.16 Å². The Hall–Kier alpha value is -3.32. The standard InChI is InChI=1S/C26H32N4O3/c1-3-24(27-33-19-18-29-13-12-22-6-4-5-7-25(22)29)21-8-10-23(11-9-21)32-20-26(31)30-16-14-28(2)15-17-30/h4-13H,3,14-20H2,1-2H3/b27-24-. The Labute approximate surface area is 195 Å². The maximum atomic E-state index is 12.3. The summed E-state index contributed by atoms with van der Waals surface area (Å²) >= 11 is 0. The zero-order valence-corrected chi connectivity index (χ0v) is 19.4. The van der Waals surface area contributed by atoms with Crippen molar-refractivity contribution in [3.63, 3.8) is 0 Å². The molecule has 0 N–H and O–H groups in total. The number of hydrogen-bond donors (Lipinski definition) is 0. The fourth-order valence-corrected chi connectivity index (χ4v) is 3.96. The molecule has 174 valence electrons. The highest BCUT2D eigenvalue weighted by Gasteiger charge is 2.19. The molecule has 0 unspecified atom stereocenters. The topological polar surface area (TPSA) is 59.3 Å². The predicted molar refractivity (Wildman–Crippen MR) is 131 cm³/mol. The van der Waals surface area contributed by atoms with E-state index >= 15 is 0 Å². The van der Waals surface area contributed by atoms with E-state index < -0.39 is 0 Å². The minimum atomic E-state index is 0.0341. The molecule has 1 fully saturated rings. The van der Waals surface area contributed by atoms with Crippen LogP contribution in [-0.4, -0.2) is 72.4 Å². The number of piperazine rings is 1. The first-order valence-corrected chi connectivity index (χ1v) is 11.6. The molecule has 0 aliphatic carbocycles. The summed E-state index contributed by atoms with van der Waals surface area (Å²) in [4.78, 5) is 22.1. The zero-order valence-electron chi connectivity index (χ0n) is 19.4. The van der Waals surface area contributed by atoms with E-state index in [2.05, 4.69) is 53.0 Å². The van der Waals surface area contributed by atoms with E-state index in [1.54, 1.807) is 0 Å². The van der Waals surface area contributed by atoms with Crippen molar-refractivity contribution >= 4 is 22.5 Å². The van der Waals surface area contributed by atoms with E-state index in [4.69, 9.17) is 9.57 Å². The van der Waals surface area contributed by atoms with Crippen molar-refractivity contribution in [1.29, 1.82) is 0 Å². The van der Waals surface area contributed by atoms with Gasteiger partial charge in [-0.15, -0.1) is 0 Å². The molecule has 0 bridgehead atoms. The van der Waals surface area contributed by atoms with Crippen LogP contribution in [0.3, 0.4) is 0 Å². The first-order chi connectivity index (χ1) is 16.1. The van der Waals surface area contributed by atoms with Crippen LogP contribution < -0.4 is 4.74 Å². The third kappa shape index (κ3) is 5.93. The molecule has 2 heterocycles. The number of hydrogen-bond acceptors (Lipinski definition) is 5. The van der Waals surface area contributed by atoms with Gasteiger partial charge < -0.3 is 23.9 Å². The molecule has 3 aromatic rings. The lowest BCUT2D eigenvalue weighted by Gasteiger charge is -2.32. The summed E-state index contributed by atoms with van der Waals surface area (Å²) in [6.45, 7) is 6.69. The van der Waals surface area contributed by atoms with E-state index in [1.807, 2.05) is 41.3 Å². The lowest BCUT2D eigenvalue weighted by atomic mass is 10.1. The van der Waals surface area contributed by atoms with Gasteiger partial charge in [-0.2, -0.15) is 0 Å². The maximum absolute atomic E-state index is 12.3. The molecule has 1 saturated heterocycles. The Morgan fingerprint density at radius 1 is 1.00 bits per heavy atom. The summed E-state index contributed by atoms with van der Waals surface area (Å²) in [7, 11) is 2.07. The van der Waals surface area contributed by atoms with Crippen LogP contribution in [0.2, 0.25) is 0 Å². The van der Waals surface area contributed by atoms with Crippen LogP contribution in [-0.2, 0) is 16.2 Å². The van der Waals surface area contributed by atoms with Crippen molar-refractivity contribution in [1.82, 2.24) is 14.4 Å². The van der Waals surface area contributed by atoms with E-state index in [-0.39, 0.29) is 12.5 Å². The van der Waals surface area contributed by atoms with Crippen LogP contribution in [0.5, 0.6) is 5.75 Å². The maximum Gasteiger partial charge on any atom is 0.260 e. The van der Waals surface area contributed by atoms with Crippen LogP contribution in [0.25, 0.3) is 10.9 Å². The molecule has 1 aliphatic rings. The highest BCUT2D eigenvalue weighted by Crippen LogP contribution is 2.16. The summed E-state index contributed by atoms with van der Waals surface area (Å²) in [5, 5.41) is 5.59. The molecule has 2 aromatic carbocycles. The molecule has 7 nitrogen and oxygen atoms in total. The summed E-state index contributed by atoms with van der Waals surface area (Å²) in [5.41, 5.74) is 3.07. The van der Waals surface area contributed by atoms with Gasteiger partial charge in [0.25, 0.3) is 5.91 Å². The minimum Gasteiger partial charge on any atom is -0.484 e. The van der Waals surface area contributed by atoms with Crippen molar-refractivity contribution in [2.45, 2.75) is 19.9 Å². The van der Waals surface area contributed by atoms with Gasteiger partial charge in [-0.05, 0) is 60.8 Å². The van der Waals surface area contributed by atoms with Crippen LogP contribution in [0.15, 0.2) is 65.9 Å². The predicted octanol–water partition coefficient (Wildman–Crippen LogP) is 3.63. The van der Waals surface area contributed by atoms with Crippen molar-refractivity contribution < 1.29 is 14.4 Å². The van der Waals surface area contributed by atoms with Gasteiger partial charge in [0.05, 0.1) is 12.3 Å². The Morgan fingerprint density at radius 2 is 1.76 bits per heavy atom. The van der Waals surface area contributed by atoms with E-state index in [0.29, 0.717) is 12.4 Å². The molecule has 33 heavy (non-hydrogen) atoms. The van der Waals surface area contributed by atoms with E-state index in [9.17, 15) is 4.79 Å². The number of nitrogens with zero attached hydrogens (tertiary/aromatic N) is 4. The number of aromatic nitrogens is 1. The van der Waals surface area contributed by atoms with Gasteiger partial charge >= 0.3 is 0 Å². The Morgan fingerprint density at radius 3 is 2.52 bits per heavy atom. The monoisotopic (exact) mass is 448 g/mol. The molecule has 0 radical (unpaired) electrons. The number of likely N-dealkylation sites (N-methyl/N-ethyl adjacent to an activating group) is 1. The number of carbonyl (C=O) groups excluding carboxylic acids is 1. The van der Waals surface area contributed by atoms with Gasteiger partial charge in [0.2, 0.25) is 0 Å². The summed E-state index contributed by atoms with van der Waals surface area (Å²) in [6.07, 6.45) is 2.83. The molecule has 7 heteroatoms. The Balaban J connectivity index is 1.26. The second kappa shape index (κ2) is 11.0. The number of benzene rings is 2. The third-order valence-electron chi connectivity index (χ3n) is 6.02. The average molecular weight is 449 g/mol. The highest BCUT2D eigenvalue weighted by molar-refractivity contribution is 6.00. The number of fused-ring (bicyclic) bond motifs is 1. The number of ether oxygens (including phenoxy) is 1. The second-order valence-corrected chi connectivity index (χ2v) is 8.29. The van der Waals surface area contributed by atoms with Crippen LogP contribution in [0, 0.1) is 0 Å². The third-order valence-corrected chi connectivity index (χ3v) is 6.02. The van der Waals surface area contributed by atoms with Crippen LogP contribution in [0.4, 0.5) is 0 Å². The van der Waals surface area contributed by atoms with Gasteiger partial charge in [-0.25, -0.2) is 0 Å². The van der Waals surface area contributed by atoms with E-state index in [1.165, 1.54) is 10.9 Å². The van der Waals surface area contributed by atoms with Crippen LogP contribution >= 0.6 is 0 Å². The smallest absolute Gasteiger partial charge is 0.260 e. The molecular formula is C26H32N4O3. The molecule has 1 aromatic heterocycles. The summed E-state index contributed by atoms with van der Waals surface area (Å²) in [6, 6.07) is 18.1. The first kappa shape index (κ1) is 22.9. The fraction of sp³-hybridized carbons (Fsp3) is 0.385. The fourth-order valence-electron chi connectivity index (χ4n) is 3.96. The molecule has 1 aliphatic heterocycles. The van der Waals surface area contributed by atoms with Crippen molar-refractivity contribution in [3.8, 4) is 5.75 Å². The zero-order chi connectivity index (χ0) is 23.0. The number of carbonyl (C=O) groups is 1. The van der Waals surface area contributed by atoms with Gasteiger partial charge in [0.1, 0.15) is 12.4 Å². The summed E-state index contributed by atoms with van der Waals surface area (Å²) < 4.78 is 7.89. The molecule has 0 spiro atoms. The van der Waals surface area contributed by atoms with E-state index in [0.717, 1.165) is 50.4 Å². The largest absolute Gasteiger partial charge is 0.484 e. The molecular weight excluding hydrogens is 416 g/mol.